The molecule has 5 aromatic rings. The molecule has 3 aromatic heterocycles. The Bertz CT molecular complexity index is 1520. The molecule has 0 saturated carbocycles. The second-order valence-electron chi connectivity index (χ2n) is 6.50. The fourth-order valence-corrected chi connectivity index (χ4v) is 4.60. The van der Waals surface area contributed by atoms with Crippen LogP contribution in [0.15, 0.2) is 47.0 Å². The third-order valence-corrected chi connectivity index (χ3v) is 6.21. The van der Waals surface area contributed by atoms with Crippen LogP contribution in [0.25, 0.3) is 43.3 Å². The molecule has 2 aromatic carbocycles. The number of rotatable bonds is 1. The summed E-state index contributed by atoms with van der Waals surface area (Å²) in [6.07, 6.45) is 1.15. The number of aromatic nitrogens is 1. The maximum atomic E-state index is 7.85. The lowest BCUT2D eigenvalue weighted by Crippen LogP contribution is -1.88. The minimum Gasteiger partial charge on any atom is -0.454 e. The molecule has 0 aliphatic heterocycles. The van der Waals surface area contributed by atoms with Crippen molar-refractivity contribution in [3.05, 3.63) is 64.2 Å². The minimum atomic E-state index is -2.58. The van der Waals surface area contributed by atoms with Crippen LogP contribution >= 0.6 is 11.3 Å². The van der Waals surface area contributed by atoms with Gasteiger partial charge in [-0.05, 0) is 67.8 Å². The van der Waals surface area contributed by atoms with Gasteiger partial charge in [-0.25, -0.2) is 0 Å². The second-order valence-corrected chi connectivity index (χ2v) is 7.73. The van der Waals surface area contributed by atoms with Gasteiger partial charge in [0.05, 0.1) is 10.4 Å². The van der Waals surface area contributed by atoms with Crippen LogP contribution in [-0.4, -0.2) is 4.98 Å². The zero-order valence-electron chi connectivity index (χ0n) is 20.3. The number of para-hydroxylation sites is 1. The Morgan fingerprint density at radius 3 is 2.62 bits per heavy atom. The van der Waals surface area contributed by atoms with Crippen molar-refractivity contribution in [1.29, 1.82) is 0 Å². The summed E-state index contributed by atoms with van der Waals surface area (Å²) in [4.78, 5) is 5.56. The third-order valence-electron chi connectivity index (χ3n) is 4.99. The van der Waals surface area contributed by atoms with E-state index in [4.69, 9.17) is 12.6 Å². The van der Waals surface area contributed by atoms with Crippen molar-refractivity contribution >= 4 is 43.4 Å². The van der Waals surface area contributed by atoms with E-state index in [9.17, 15) is 0 Å². The number of thiophene rings is 1. The molecule has 26 heavy (non-hydrogen) atoms. The lowest BCUT2D eigenvalue weighted by molar-refractivity contribution is 0.674. The van der Waals surface area contributed by atoms with Gasteiger partial charge in [-0.2, -0.15) is 0 Å². The van der Waals surface area contributed by atoms with Gasteiger partial charge in [-0.15, -0.1) is 11.3 Å². The highest BCUT2D eigenvalue weighted by Gasteiger charge is 2.17. The molecule has 128 valence electrons. The van der Waals surface area contributed by atoms with Gasteiger partial charge in [0.1, 0.15) is 5.58 Å². The predicted molar refractivity (Wildman–Crippen MR) is 111 cm³/mol. The largest absolute Gasteiger partial charge is 0.454 e. The lowest BCUT2D eigenvalue weighted by Gasteiger charge is -2.05. The quantitative estimate of drug-likeness (QED) is 0.317. The second kappa shape index (κ2) is 5.42. The van der Waals surface area contributed by atoms with Crippen LogP contribution in [0, 0.1) is 27.6 Å². The van der Waals surface area contributed by atoms with E-state index in [-0.39, 0.29) is 11.1 Å². The highest BCUT2D eigenvalue weighted by Crippen LogP contribution is 2.42. The molecule has 0 saturated heterocycles. The molecule has 0 spiro atoms. The third kappa shape index (κ3) is 2.07. The van der Waals surface area contributed by atoms with E-state index in [2.05, 4.69) is 24.9 Å². The van der Waals surface area contributed by atoms with Crippen molar-refractivity contribution in [3.63, 3.8) is 0 Å². The molecule has 0 unspecified atom stereocenters. The van der Waals surface area contributed by atoms with Crippen molar-refractivity contribution in [3.8, 4) is 11.3 Å². The van der Waals surface area contributed by atoms with Crippen molar-refractivity contribution in [1.82, 2.24) is 4.98 Å². The van der Waals surface area contributed by atoms with Gasteiger partial charge in [-0.1, -0.05) is 18.2 Å². The van der Waals surface area contributed by atoms with Crippen LogP contribution in [0.1, 0.15) is 29.8 Å². The highest BCUT2D eigenvalue weighted by atomic mass is 32.1. The van der Waals surface area contributed by atoms with Crippen molar-refractivity contribution in [2.24, 2.45) is 0 Å². The summed E-state index contributed by atoms with van der Waals surface area (Å²) < 4.78 is 54.1. The van der Waals surface area contributed by atoms with Crippen LogP contribution < -0.4 is 0 Å². The number of nitrogens with zero attached hydrogens (tertiary/aromatic N) is 1. The number of pyridine rings is 1. The molecule has 0 atom stereocenters. The Kier molecular flexibility index (Phi) is 2.19. The summed E-state index contributed by atoms with van der Waals surface area (Å²) in [6.45, 7) is -0.962. The Morgan fingerprint density at radius 1 is 0.962 bits per heavy atom. The molecule has 0 N–H and O–H groups in total. The Balaban J connectivity index is 1.81. The number of fused-ring (bicyclic) bond motifs is 5. The van der Waals surface area contributed by atoms with E-state index in [1.807, 2.05) is 24.3 Å². The normalized spacial score (nSPS) is 16.2. The molecule has 0 radical (unpaired) electrons. The van der Waals surface area contributed by atoms with Gasteiger partial charge in [0.15, 0.2) is 5.58 Å². The monoisotopic (exact) mass is 363 g/mol. The first-order chi connectivity index (χ1) is 15.0. The molecular formula is C23H19NOS. The van der Waals surface area contributed by atoms with Crippen molar-refractivity contribution < 1.29 is 12.6 Å². The van der Waals surface area contributed by atoms with Crippen LogP contribution in [-0.2, 0) is 0 Å². The van der Waals surface area contributed by atoms with Crippen LogP contribution in [0.3, 0.4) is 0 Å². The van der Waals surface area contributed by atoms with Gasteiger partial charge >= 0.3 is 0 Å². The molecule has 0 bridgehead atoms. The molecule has 3 heteroatoms. The first kappa shape index (κ1) is 10.5. The molecule has 0 aliphatic rings. The summed E-state index contributed by atoms with van der Waals surface area (Å²) in [5.74, 6) is 0. The molecule has 0 fully saturated rings. The Labute approximate surface area is 164 Å². The SMILES string of the molecule is [2H]C([2H])([2H])c1cnc(-c2cccc3c2oc2c3ccc3c(C)c(C)sc32)cc1C([2H])([2H])[2H]. The summed E-state index contributed by atoms with van der Waals surface area (Å²) in [5.41, 5.74) is 3.14. The molecule has 2 nitrogen and oxygen atoms in total. The zero-order chi connectivity index (χ0) is 23.0. The van der Waals surface area contributed by atoms with Crippen molar-refractivity contribution in [2.75, 3.05) is 0 Å². The van der Waals surface area contributed by atoms with Gasteiger partial charge < -0.3 is 4.42 Å². The van der Waals surface area contributed by atoms with E-state index in [0.29, 0.717) is 16.8 Å². The molecule has 3 heterocycles. The fourth-order valence-electron chi connectivity index (χ4n) is 3.46. The topological polar surface area (TPSA) is 26.0 Å². The minimum absolute atomic E-state index is 0.220. The Morgan fingerprint density at radius 2 is 1.77 bits per heavy atom. The van der Waals surface area contributed by atoms with E-state index in [1.54, 1.807) is 11.3 Å². The van der Waals surface area contributed by atoms with Crippen LogP contribution in [0.2, 0.25) is 0 Å². The van der Waals surface area contributed by atoms with Gasteiger partial charge in [0, 0.05) is 35.6 Å². The number of hydrogen-bond donors (Lipinski definition) is 0. The summed E-state index contributed by atoms with van der Waals surface area (Å²) in [7, 11) is 0. The maximum absolute atomic E-state index is 7.85. The molecule has 0 amide bonds. The first-order valence-corrected chi connectivity index (χ1v) is 9.14. The van der Waals surface area contributed by atoms with E-state index in [1.165, 1.54) is 16.5 Å². The maximum Gasteiger partial charge on any atom is 0.153 e. The van der Waals surface area contributed by atoms with Crippen LogP contribution in [0.5, 0.6) is 0 Å². The summed E-state index contributed by atoms with van der Waals surface area (Å²) >= 11 is 1.69. The fraction of sp³-hybridized carbons (Fsp3) is 0.174. The van der Waals surface area contributed by atoms with E-state index < -0.39 is 13.7 Å². The lowest BCUT2D eigenvalue weighted by atomic mass is 10.0. The Hall–Kier alpha value is -2.65. The predicted octanol–water partition coefficient (Wildman–Crippen LogP) is 7.10. The van der Waals surface area contributed by atoms with E-state index >= 15 is 0 Å². The summed E-state index contributed by atoms with van der Waals surface area (Å²) in [6, 6.07) is 11.2. The van der Waals surface area contributed by atoms with Gasteiger partial charge in [0.2, 0.25) is 0 Å². The standard InChI is InChI=1S/C23H19NOS/c1-12-10-20(24-11-13(12)2)19-7-5-6-17-18-9-8-16-14(3)15(4)26-23(16)22(18)25-21(17)19/h5-11H,1-4H3/i1D3,2D3. The zero-order valence-corrected chi connectivity index (χ0v) is 15.1. The highest BCUT2D eigenvalue weighted by molar-refractivity contribution is 7.20. The van der Waals surface area contributed by atoms with Gasteiger partial charge in [0.25, 0.3) is 0 Å². The van der Waals surface area contributed by atoms with Crippen LogP contribution in [0.4, 0.5) is 0 Å². The number of hydrogen-bond acceptors (Lipinski definition) is 3. The average Bonchev–Trinajstić information content (AvgIpc) is 3.24. The molecule has 5 rings (SSSR count). The van der Waals surface area contributed by atoms with Gasteiger partial charge in [-0.3, -0.25) is 4.98 Å². The average molecular weight is 364 g/mol. The number of aryl methyl sites for hydroxylation is 4. The molecular weight excluding hydrogens is 338 g/mol. The van der Waals surface area contributed by atoms with Crippen molar-refractivity contribution in [2.45, 2.75) is 27.6 Å². The number of benzene rings is 2. The smallest absolute Gasteiger partial charge is 0.153 e. The first-order valence-electron chi connectivity index (χ1n) is 11.3. The van der Waals surface area contributed by atoms with E-state index in [0.717, 1.165) is 32.6 Å². The summed E-state index contributed by atoms with van der Waals surface area (Å²) in [5, 5.41) is 3.04. The number of furan rings is 1. The molecule has 0 aliphatic carbocycles.